The molecule has 82 valence electrons. The minimum atomic E-state index is -0.399. The summed E-state index contributed by atoms with van der Waals surface area (Å²) in [5.74, 6) is 0. The third-order valence-electron chi connectivity index (χ3n) is 2.27. The monoisotopic (exact) mass is 280 g/mol. The fourth-order valence-electron chi connectivity index (χ4n) is 1.45. The van der Waals surface area contributed by atoms with Gasteiger partial charge in [0.05, 0.1) is 4.92 Å². The number of halogens is 1. The smallest absolute Gasteiger partial charge is 0.270 e. The Morgan fingerprint density at radius 2 is 2.00 bits per heavy atom. The van der Waals surface area contributed by atoms with Gasteiger partial charge in [-0.25, -0.2) is 0 Å². The molecule has 0 aliphatic heterocycles. The van der Waals surface area contributed by atoms with Crippen LogP contribution in [0.1, 0.15) is 5.56 Å². The summed E-state index contributed by atoms with van der Waals surface area (Å²) in [6.45, 7) is 0.700. The van der Waals surface area contributed by atoms with E-state index in [0.717, 1.165) is 10.0 Å². The third kappa shape index (κ3) is 2.30. The molecular weight excluding hydrogens is 272 g/mol. The van der Waals surface area contributed by atoms with Crippen LogP contribution >= 0.6 is 15.9 Å². The number of nitro groups is 1. The standard InChI is InChI=1S/C11H9BrN2O2/c12-11-7-10(14(15)16)4-3-9(11)8-13-5-1-2-6-13/h1-7H,8H2. The fourth-order valence-corrected chi connectivity index (χ4v) is 1.94. The first-order valence-electron chi connectivity index (χ1n) is 4.70. The molecule has 0 atom stereocenters. The second-order valence-corrected chi connectivity index (χ2v) is 4.24. The summed E-state index contributed by atoms with van der Waals surface area (Å²) in [7, 11) is 0. The van der Waals surface area contributed by atoms with Gasteiger partial charge in [-0.1, -0.05) is 15.9 Å². The number of nitro benzene ring substituents is 1. The Kier molecular flexibility index (Phi) is 3.05. The van der Waals surface area contributed by atoms with Gasteiger partial charge in [-0.15, -0.1) is 0 Å². The van der Waals surface area contributed by atoms with Crippen molar-refractivity contribution in [3.8, 4) is 0 Å². The van der Waals surface area contributed by atoms with E-state index in [1.165, 1.54) is 12.1 Å². The number of hydrogen-bond acceptors (Lipinski definition) is 2. The van der Waals surface area contributed by atoms with Crippen LogP contribution in [0.15, 0.2) is 47.2 Å². The summed E-state index contributed by atoms with van der Waals surface area (Å²) in [6.07, 6.45) is 3.90. The van der Waals surface area contributed by atoms with E-state index in [2.05, 4.69) is 15.9 Å². The van der Waals surface area contributed by atoms with Crippen molar-refractivity contribution in [2.75, 3.05) is 0 Å². The van der Waals surface area contributed by atoms with Crippen LogP contribution in [0.3, 0.4) is 0 Å². The second kappa shape index (κ2) is 4.49. The van der Waals surface area contributed by atoms with Crippen molar-refractivity contribution in [2.24, 2.45) is 0 Å². The fraction of sp³-hybridized carbons (Fsp3) is 0.0909. The second-order valence-electron chi connectivity index (χ2n) is 3.39. The minimum Gasteiger partial charge on any atom is -0.350 e. The first-order valence-corrected chi connectivity index (χ1v) is 5.49. The summed E-state index contributed by atoms with van der Waals surface area (Å²) < 4.78 is 2.77. The Morgan fingerprint density at radius 3 is 2.56 bits per heavy atom. The zero-order chi connectivity index (χ0) is 11.5. The van der Waals surface area contributed by atoms with E-state index in [9.17, 15) is 10.1 Å². The summed E-state index contributed by atoms with van der Waals surface area (Å²) in [5, 5.41) is 10.6. The average molecular weight is 281 g/mol. The van der Waals surface area contributed by atoms with Crippen molar-refractivity contribution in [1.82, 2.24) is 4.57 Å². The molecule has 0 N–H and O–H groups in total. The SMILES string of the molecule is O=[N+]([O-])c1ccc(Cn2cccc2)c(Br)c1. The quantitative estimate of drug-likeness (QED) is 0.640. The van der Waals surface area contributed by atoms with E-state index < -0.39 is 4.92 Å². The van der Waals surface area contributed by atoms with Crippen LogP contribution in [0.5, 0.6) is 0 Å². The van der Waals surface area contributed by atoms with Crippen LogP contribution in [0.4, 0.5) is 5.69 Å². The number of nitrogens with zero attached hydrogens (tertiary/aromatic N) is 2. The van der Waals surface area contributed by atoms with Crippen LogP contribution in [-0.4, -0.2) is 9.49 Å². The van der Waals surface area contributed by atoms with Gasteiger partial charge >= 0.3 is 0 Å². The molecule has 0 saturated heterocycles. The van der Waals surface area contributed by atoms with Crippen molar-refractivity contribution < 1.29 is 4.92 Å². The predicted octanol–water partition coefficient (Wildman–Crippen LogP) is 3.21. The zero-order valence-corrected chi connectivity index (χ0v) is 9.92. The average Bonchev–Trinajstić information content (AvgIpc) is 2.73. The summed E-state index contributed by atoms with van der Waals surface area (Å²) >= 11 is 3.34. The van der Waals surface area contributed by atoms with Gasteiger partial charge in [0, 0.05) is 35.5 Å². The maximum atomic E-state index is 10.6. The van der Waals surface area contributed by atoms with Gasteiger partial charge in [0.2, 0.25) is 0 Å². The third-order valence-corrected chi connectivity index (χ3v) is 3.00. The molecule has 0 radical (unpaired) electrons. The lowest BCUT2D eigenvalue weighted by atomic mass is 10.2. The van der Waals surface area contributed by atoms with Crippen LogP contribution in [0.2, 0.25) is 0 Å². The summed E-state index contributed by atoms with van der Waals surface area (Å²) in [4.78, 5) is 10.2. The highest BCUT2D eigenvalue weighted by Crippen LogP contribution is 2.23. The van der Waals surface area contributed by atoms with Crippen LogP contribution in [0.25, 0.3) is 0 Å². The topological polar surface area (TPSA) is 48.1 Å². The van der Waals surface area contributed by atoms with Gasteiger partial charge < -0.3 is 4.57 Å². The van der Waals surface area contributed by atoms with E-state index in [-0.39, 0.29) is 5.69 Å². The first kappa shape index (κ1) is 10.9. The van der Waals surface area contributed by atoms with Crippen LogP contribution in [-0.2, 0) is 6.54 Å². The molecule has 0 fully saturated rings. The van der Waals surface area contributed by atoms with Gasteiger partial charge in [-0.3, -0.25) is 10.1 Å². The van der Waals surface area contributed by atoms with E-state index in [1.54, 1.807) is 6.07 Å². The number of rotatable bonds is 3. The molecule has 2 rings (SSSR count). The Morgan fingerprint density at radius 1 is 1.31 bits per heavy atom. The molecule has 1 heterocycles. The van der Waals surface area contributed by atoms with Gasteiger partial charge in [0.1, 0.15) is 0 Å². The molecule has 1 aromatic carbocycles. The lowest BCUT2D eigenvalue weighted by molar-refractivity contribution is -0.384. The van der Waals surface area contributed by atoms with Crippen molar-refractivity contribution in [1.29, 1.82) is 0 Å². The molecule has 4 nitrogen and oxygen atoms in total. The van der Waals surface area contributed by atoms with Crippen molar-refractivity contribution >= 4 is 21.6 Å². The lowest BCUT2D eigenvalue weighted by Crippen LogP contribution is -1.98. The van der Waals surface area contributed by atoms with Crippen molar-refractivity contribution in [3.05, 3.63) is 62.9 Å². The molecule has 0 saturated carbocycles. The van der Waals surface area contributed by atoms with Crippen molar-refractivity contribution in [3.63, 3.8) is 0 Å². The maximum absolute atomic E-state index is 10.6. The van der Waals surface area contributed by atoms with Crippen LogP contribution < -0.4 is 0 Å². The summed E-state index contributed by atoms with van der Waals surface area (Å²) in [6, 6.07) is 8.70. The highest BCUT2D eigenvalue weighted by molar-refractivity contribution is 9.10. The van der Waals surface area contributed by atoms with Gasteiger partial charge in [-0.2, -0.15) is 0 Å². The molecule has 16 heavy (non-hydrogen) atoms. The van der Waals surface area contributed by atoms with Crippen molar-refractivity contribution in [2.45, 2.75) is 6.54 Å². The molecule has 1 aromatic heterocycles. The van der Waals surface area contributed by atoms with E-state index >= 15 is 0 Å². The van der Waals surface area contributed by atoms with E-state index in [0.29, 0.717) is 6.54 Å². The Balaban J connectivity index is 2.26. The number of non-ortho nitro benzene ring substituents is 1. The molecule has 0 aliphatic rings. The zero-order valence-electron chi connectivity index (χ0n) is 8.34. The molecule has 2 aromatic rings. The highest BCUT2D eigenvalue weighted by atomic mass is 79.9. The molecule has 0 amide bonds. The molecule has 0 aliphatic carbocycles. The number of hydrogen-bond donors (Lipinski definition) is 0. The molecule has 0 bridgehead atoms. The van der Waals surface area contributed by atoms with Gasteiger partial charge in [0.15, 0.2) is 0 Å². The molecular formula is C11H9BrN2O2. The number of aromatic nitrogens is 1. The maximum Gasteiger partial charge on any atom is 0.270 e. The normalized spacial score (nSPS) is 10.3. The van der Waals surface area contributed by atoms with Crippen LogP contribution in [0, 0.1) is 10.1 Å². The summed E-state index contributed by atoms with van der Waals surface area (Å²) in [5.41, 5.74) is 1.12. The van der Waals surface area contributed by atoms with E-state index in [4.69, 9.17) is 0 Å². The van der Waals surface area contributed by atoms with E-state index in [1.807, 2.05) is 29.1 Å². The molecule has 0 unspecified atom stereocenters. The van der Waals surface area contributed by atoms with Gasteiger partial charge in [-0.05, 0) is 23.8 Å². The molecule has 0 spiro atoms. The highest BCUT2D eigenvalue weighted by Gasteiger charge is 2.08. The Labute approximate surface area is 101 Å². The lowest BCUT2D eigenvalue weighted by Gasteiger charge is -2.05. The first-order chi connectivity index (χ1) is 7.66. The molecule has 5 heteroatoms. The largest absolute Gasteiger partial charge is 0.350 e. The number of benzene rings is 1. The Bertz CT molecular complexity index is 509. The predicted molar refractivity (Wildman–Crippen MR) is 64.3 cm³/mol. The Hall–Kier alpha value is -1.62. The minimum absolute atomic E-state index is 0.100. The van der Waals surface area contributed by atoms with Gasteiger partial charge in [0.25, 0.3) is 5.69 Å².